The lowest BCUT2D eigenvalue weighted by Gasteiger charge is -2.40. The Hall–Kier alpha value is -1.11. The molecule has 0 fully saturated rings. The summed E-state index contributed by atoms with van der Waals surface area (Å²) in [6.45, 7) is 7.59. The molecule has 0 saturated carbocycles. The third-order valence-electron chi connectivity index (χ3n) is 5.54. The normalized spacial score (nSPS) is 16.8. The van der Waals surface area contributed by atoms with E-state index in [1.165, 1.54) is 16.7 Å². The van der Waals surface area contributed by atoms with Crippen molar-refractivity contribution in [3.63, 3.8) is 0 Å². The summed E-state index contributed by atoms with van der Waals surface area (Å²) in [5, 5.41) is 4.41. The molecule has 0 radical (unpaired) electrons. The van der Waals surface area contributed by atoms with Crippen LogP contribution >= 0.6 is 24.0 Å². The molecule has 2 aromatic rings. The van der Waals surface area contributed by atoms with Gasteiger partial charge in [0, 0.05) is 23.0 Å². The summed E-state index contributed by atoms with van der Waals surface area (Å²) < 4.78 is 26.7. The van der Waals surface area contributed by atoms with Gasteiger partial charge in [-0.1, -0.05) is 62.7 Å². The molecular weight excluding hydrogens is 427 g/mol. The fraction of sp³-hybridized carbons (Fsp3) is 0.455. The molecule has 2 N–H and O–H groups in total. The molecule has 0 saturated heterocycles. The largest absolute Gasteiger partial charge is 0.309 e. The van der Waals surface area contributed by atoms with Gasteiger partial charge in [0.15, 0.2) is 0 Å². The van der Waals surface area contributed by atoms with Crippen molar-refractivity contribution in [1.82, 2.24) is 10.0 Å². The molecule has 1 aliphatic heterocycles. The topological polar surface area (TPSA) is 58.2 Å². The van der Waals surface area contributed by atoms with Gasteiger partial charge in [-0.15, -0.1) is 12.4 Å². The number of rotatable bonds is 7. The maximum Gasteiger partial charge on any atom is 0.211 e. The van der Waals surface area contributed by atoms with Crippen molar-refractivity contribution >= 4 is 34.0 Å². The van der Waals surface area contributed by atoms with E-state index in [4.69, 9.17) is 11.6 Å². The van der Waals surface area contributed by atoms with Gasteiger partial charge >= 0.3 is 0 Å². The van der Waals surface area contributed by atoms with Crippen LogP contribution in [0.15, 0.2) is 42.5 Å². The molecule has 0 aromatic heterocycles. The van der Waals surface area contributed by atoms with Crippen molar-refractivity contribution in [3.05, 3.63) is 69.7 Å². The summed E-state index contributed by atoms with van der Waals surface area (Å²) >= 11 is 6.07. The first-order chi connectivity index (χ1) is 13.2. The summed E-state index contributed by atoms with van der Waals surface area (Å²) in [5.41, 5.74) is 4.64. The first-order valence-corrected chi connectivity index (χ1v) is 11.8. The van der Waals surface area contributed by atoms with Crippen LogP contribution in [0.4, 0.5) is 0 Å². The first kappa shape index (κ1) is 24.2. The van der Waals surface area contributed by atoms with E-state index in [1.54, 1.807) is 0 Å². The Morgan fingerprint density at radius 2 is 1.86 bits per heavy atom. The summed E-state index contributed by atoms with van der Waals surface area (Å²) in [5.74, 6) is 0.158. The minimum absolute atomic E-state index is 0. The van der Waals surface area contributed by atoms with E-state index in [9.17, 15) is 8.42 Å². The average molecular weight is 457 g/mol. The van der Waals surface area contributed by atoms with Gasteiger partial charge in [0.25, 0.3) is 0 Å². The Morgan fingerprint density at radius 3 is 2.52 bits per heavy atom. The highest BCUT2D eigenvalue weighted by Crippen LogP contribution is 2.40. The summed E-state index contributed by atoms with van der Waals surface area (Å²) in [6, 6.07) is 14.5. The zero-order valence-corrected chi connectivity index (χ0v) is 19.6. The number of halogens is 2. The monoisotopic (exact) mass is 456 g/mol. The van der Waals surface area contributed by atoms with Crippen LogP contribution in [0, 0.1) is 0 Å². The smallest absolute Gasteiger partial charge is 0.211 e. The van der Waals surface area contributed by atoms with Gasteiger partial charge in [-0.05, 0) is 53.8 Å². The van der Waals surface area contributed by atoms with E-state index >= 15 is 0 Å². The fourth-order valence-corrected chi connectivity index (χ4v) is 5.13. The Balaban J connectivity index is 0.00000300. The standard InChI is InChI=1S/C22H29ClN2O2S.ClH/c1-4-13-28(26,27)25-15-16-5-6-17-11-12-24-21(20(17)14-16)22(2,3)18-7-9-19(23)10-8-18;/h5-10,14,21,24-25H,4,11-13,15H2,1-3H3;1H. The second-order valence-electron chi connectivity index (χ2n) is 8.04. The van der Waals surface area contributed by atoms with Gasteiger partial charge in [-0.25, -0.2) is 13.1 Å². The van der Waals surface area contributed by atoms with Crippen molar-refractivity contribution in [2.75, 3.05) is 12.3 Å². The van der Waals surface area contributed by atoms with Gasteiger partial charge < -0.3 is 5.32 Å². The number of hydrogen-bond acceptors (Lipinski definition) is 3. The molecule has 1 atom stereocenters. The SMILES string of the molecule is CCCS(=O)(=O)NCc1ccc2c(c1)C(C(C)(C)c1ccc(Cl)cc1)NCC2.Cl. The maximum absolute atomic E-state index is 12.0. The Labute approximate surface area is 185 Å². The van der Waals surface area contributed by atoms with E-state index in [1.807, 2.05) is 25.1 Å². The molecule has 3 rings (SSSR count). The highest BCUT2D eigenvalue weighted by Gasteiger charge is 2.35. The van der Waals surface area contributed by atoms with Gasteiger partial charge in [0.2, 0.25) is 10.0 Å². The minimum Gasteiger partial charge on any atom is -0.309 e. The van der Waals surface area contributed by atoms with E-state index in [0.717, 1.165) is 23.6 Å². The van der Waals surface area contributed by atoms with E-state index in [0.29, 0.717) is 13.0 Å². The molecule has 0 bridgehead atoms. The number of nitrogens with one attached hydrogen (secondary N) is 2. The number of sulfonamides is 1. The average Bonchev–Trinajstić information content (AvgIpc) is 2.66. The maximum atomic E-state index is 12.0. The lowest BCUT2D eigenvalue weighted by Crippen LogP contribution is -2.41. The van der Waals surface area contributed by atoms with Crippen molar-refractivity contribution in [2.24, 2.45) is 0 Å². The second-order valence-corrected chi connectivity index (χ2v) is 10.4. The lowest BCUT2D eigenvalue weighted by atomic mass is 9.72. The van der Waals surface area contributed by atoms with Gasteiger partial charge in [0.05, 0.1) is 5.75 Å². The van der Waals surface area contributed by atoms with Crippen LogP contribution < -0.4 is 10.0 Å². The first-order valence-electron chi connectivity index (χ1n) is 9.81. The van der Waals surface area contributed by atoms with E-state index < -0.39 is 10.0 Å². The predicted octanol–water partition coefficient (Wildman–Crippen LogP) is 4.76. The van der Waals surface area contributed by atoms with Crippen LogP contribution in [0.3, 0.4) is 0 Å². The van der Waals surface area contributed by atoms with Crippen LogP contribution in [-0.4, -0.2) is 20.7 Å². The van der Waals surface area contributed by atoms with Crippen LogP contribution in [0.25, 0.3) is 0 Å². The Morgan fingerprint density at radius 1 is 1.17 bits per heavy atom. The third kappa shape index (κ3) is 5.74. The highest BCUT2D eigenvalue weighted by molar-refractivity contribution is 7.89. The van der Waals surface area contributed by atoms with Gasteiger partial charge in [-0.2, -0.15) is 0 Å². The Bertz CT molecular complexity index is 928. The van der Waals surface area contributed by atoms with Crippen molar-refractivity contribution in [2.45, 2.75) is 51.6 Å². The Kier molecular flexibility index (Phi) is 8.16. The van der Waals surface area contributed by atoms with E-state index in [-0.39, 0.29) is 29.6 Å². The molecule has 160 valence electrons. The van der Waals surface area contributed by atoms with Gasteiger partial charge in [0.1, 0.15) is 0 Å². The lowest BCUT2D eigenvalue weighted by molar-refractivity contribution is 0.335. The summed E-state index contributed by atoms with van der Waals surface area (Å²) in [6.07, 6.45) is 1.59. The zero-order chi connectivity index (χ0) is 20.4. The molecule has 0 spiro atoms. The van der Waals surface area contributed by atoms with Crippen molar-refractivity contribution in [3.8, 4) is 0 Å². The molecule has 4 nitrogen and oxygen atoms in total. The van der Waals surface area contributed by atoms with Crippen LogP contribution in [-0.2, 0) is 28.4 Å². The van der Waals surface area contributed by atoms with Crippen molar-refractivity contribution in [1.29, 1.82) is 0 Å². The molecule has 0 amide bonds. The third-order valence-corrected chi connectivity index (χ3v) is 7.32. The predicted molar refractivity (Wildman–Crippen MR) is 124 cm³/mol. The summed E-state index contributed by atoms with van der Waals surface area (Å²) in [7, 11) is -3.22. The minimum atomic E-state index is -3.22. The zero-order valence-electron chi connectivity index (χ0n) is 17.2. The second kappa shape index (κ2) is 9.80. The number of benzene rings is 2. The molecular formula is C22H30Cl2N2O2S. The number of hydrogen-bond donors (Lipinski definition) is 2. The molecule has 2 aromatic carbocycles. The molecule has 1 unspecified atom stereocenters. The van der Waals surface area contributed by atoms with Crippen molar-refractivity contribution < 1.29 is 8.42 Å². The summed E-state index contributed by atoms with van der Waals surface area (Å²) in [4.78, 5) is 0. The molecule has 1 heterocycles. The highest BCUT2D eigenvalue weighted by atomic mass is 35.5. The molecule has 7 heteroatoms. The van der Waals surface area contributed by atoms with Gasteiger partial charge in [-0.3, -0.25) is 0 Å². The van der Waals surface area contributed by atoms with Crippen LogP contribution in [0.2, 0.25) is 5.02 Å². The quantitative estimate of drug-likeness (QED) is 0.631. The van der Waals surface area contributed by atoms with E-state index in [2.05, 4.69) is 48.2 Å². The molecule has 29 heavy (non-hydrogen) atoms. The molecule has 1 aliphatic rings. The number of fused-ring (bicyclic) bond motifs is 1. The molecule has 0 aliphatic carbocycles. The van der Waals surface area contributed by atoms with Crippen LogP contribution in [0.1, 0.15) is 55.5 Å². The fourth-order valence-electron chi connectivity index (χ4n) is 3.94. The van der Waals surface area contributed by atoms with Crippen LogP contribution in [0.5, 0.6) is 0 Å².